The molecule has 3 rings (SSSR count). The summed E-state index contributed by atoms with van der Waals surface area (Å²) in [6.45, 7) is 0.307. The number of benzene rings is 3. The molecule has 0 N–H and O–H groups in total. The monoisotopic (exact) mass is 341 g/mol. The van der Waals surface area contributed by atoms with Crippen LogP contribution in [0.4, 0.5) is 0 Å². The summed E-state index contributed by atoms with van der Waals surface area (Å²) in [7, 11) is 1.64. The maximum Gasteiger partial charge on any atom is 0.183 e. The van der Waals surface area contributed by atoms with E-state index in [1.807, 2.05) is 78.9 Å². The van der Waals surface area contributed by atoms with E-state index in [1.54, 1.807) is 13.3 Å². The van der Waals surface area contributed by atoms with Crippen molar-refractivity contribution in [2.75, 3.05) is 7.11 Å². The van der Waals surface area contributed by atoms with Gasteiger partial charge in [0.25, 0.3) is 0 Å². The number of nitrogens with zero attached hydrogens (tertiary/aromatic N) is 1. The van der Waals surface area contributed by atoms with E-state index >= 15 is 0 Å². The average molecular weight is 341 g/mol. The number of hydrogen-bond acceptors (Lipinski definition) is 2. The van der Waals surface area contributed by atoms with Crippen LogP contribution in [0.1, 0.15) is 22.3 Å². The van der Waals surface area contributed by atoms with Crippen LogP contribution in [-0.4, -0.2) is 18.1 Å². The lowest BCUT2D eigenvalue weighted by atomic mass is 10.1. The van der Waals surface area contributed by atoms with Crippen molar-refractivity contribution in [1.29, 1.82) is 0 Å². The normalized spacial score (nSPS) is 10.7. The Morgan fingerprint density at radius 1 is 0.885 bits per heavy atom. The molecule has 26 heavy (non-hydrogen) atoms. The fourth-order valence-electron chi connectivity index (χ4n) is 2.50. The lowest BCUT2D eigenvalue weighted by molar-refractivity contribution is -0.469. The second-order valence-corrected chi connectivity index (χ2v) is 5.76. The molecule has 0 saturated carbocycles. The maximum atomic E-state index is 12.3. The zero-order valence-corrected chi connectivity index (χ0v) is 14.6. The average Bonchev–Trinajstić information content (AvgIpc) is 2.68. The summed E-state index contributed by atoms with van der Waals surface area (Å²) in [4.78, 5) is 0. The third kappa shape index (κ3) is 4.75. The van der Waals surface area contributed by atoms with Crippen molar-refractivity contribution in [2.45, 2.75) is 6.54 Å². The molecule has 3 aromatic carbocycles. The van der Waals surface area contributed by atoms with Crippen LogP contribution >= 0.6 is 0 Å². The van der Waals surface area contributed by atoms with Gasteiger partial charge in [0, 0.05) is 16.7 Å². The van der Waals surface area contributed by atoms with Crippen LogP contribution in [0, 0.1) is 17.0 Å². The quantitative estimate of drug-likeness (QED) is 0.234. The Labute approximate surface area is 153 Å². The minimum Gasteiger partial charge on any atom is -0.624 e. The summed E-state index contributed by atoms with van der Waals surface area (Å²) in [6.07, 6.45) is 1.59. The molecular weight excluding hydrogens is 322 g/mol. The highest BCUT2D eigenvalue weighted by Crippen LogP contribution is 2.11. The van der Waals surface area contributed by atoms with E-state index in [4.69, 9.17) is 4.74 Å². The molecule has 0 aromatic heterocycles. The molecule has 0 spiro atoms. The first-order valence-electron chi connectivity index (χ1n) is 8.32. The van der Waals surface area contributed by atoms with Crippen molar-refractivity contribution in [3.8, 4) is 17.6 Å². The molecule has 0 heterocycles. The van der Waals surface area contributed by atoms with E-state index in [-0.39, 0.29) is 0 Å². The minimum atomic E-state index is 0.307. The van der Waals surface area contributed by atoms with Gasteiger partial charge in [0.1, 0.15) is 5.75 Å². The summed E-state index contributed by atoms with van der Waals surface area (Å²) in [5, 5.41) is 12.3. The van der Waals surface area contributed by atoms with Crippen LogP contribution in [0.5, 0.6) is 5.75 Å². The van der Waals surface area contributed by atoms with E-state index in [9.17, 15) is 5.21 Å². The lowest BCUT2D eigenvalue weighted by Gasteiger charge is -2.05. The molecule has 3 heteroatoms. The van der Waals surface area contributed by atoms with Gasteiger partial charge < -0.3 is 9.94 Å². The summed E-state index contributed by atoms with van der Waals surface area (Å²) in [6, 6.07) is 24.9. The predicted octanol–water partition coefficient (Wildman–Crippen LogP) is 4.22. The molecule has 0 bridgehead atoms. The fraction of sp³-hybridized carbons (Fsp3) is 0.0870. The molecule has 0 atom stereocenters. The highest BCUT2D eigenvalue weighted by molar-refractivity contribution is 5.80. The number of methoxy groups -OCH3 is 1. The van der Waals surface area contributed by atoms with Crippen LogP contribution in [0.15, 0.2) is 78.9 Å². The lowest BCUT2D eigenvalue weighted by Crippen LogP contribution is -2.06. The van der Waals surface area contributed by atoms with Gasteiger partial charge in [-0.05, 0) is 36.4 Å². The molecule has 0 unspecified atom stereocenters. The van der Waals surface area contributed by atoms with E-state index < -0.39 is 0 Å². The van der Waals surface area contributed by atoms with Crippen molar-refractivity contribution >= 4 is 6.21 Å². The van der Waals surface area contributed by atoms with Crippen molar-refractivity contribution in [3.63, 3.8) is 0 Å². The molecule has 3 aromatic rings. The van der Waals surface area contributed by atoms with Crippen molar-refractivity contribution in [3.05, 3.63) is 106 Å². The van der Waals surface area contributed by atoms with E-state index in [0.29, 0.717) is 6.54 Å². The number of hydroxylamine groups is 1. The Morgan fingerprint density at radius 2 is 1.58 bits per heavy atom. The van der Waals surface area contributed by atoms with Gasteiger partial charge in [-0.1, -0.05) is 54.3 Å². The van der Waals surface area contributed by atoms with E-state index in [1.165, 1.54) is 0 Å². The molecule has 128 valence electrons. The predicted molar refractivity (Wildman–Crippen MR) is 104 cm³/mol. The molecule has 0 radical (unpaired) electrons. The molecule has 0 aliphatic heterocycles. The molecule has 0 fully saturated rings. The summed E-state index contributed by atoms with van der Waals surface area (Å²) in [5.74, 6) is 7.08. The number of hydrogen-bond donors (Lipinski definition) is 0. The van der Waals surface area contributed by atoms with Gasteiger partial charge in [0.2, 0.25) is 0 Å². The second kappa shape index (κ2) is 8.55. The molecular formula is C23H19NO2. The molecule has 0 saturated heterocycles. The zero-order valence-electron chi connectivity index (χ0n) is 14.6. The summed E-state index contributed by atoms with van der Waals surface area (Å²) >= 11 is 0. The van der Waals surface area contributed by atoms with E-state index in [2.05, 4.69) is 11.8 Å². The van der Waals surface area contributed by atoms with Crippen molar-refractivity contribution in [1.82, 2.24) is 0 Å². The Hall–Kier alpha value is -3.51. The highest BCUT2D eigenvalue weighted by Gasteiger charge is 2.02. The standard InChI is InChI=1S/C23H19NO2/c1-26-23-15-12-19(13-16-23)11-14-21-9-5-6-10-22(21)18-24(25)17-20-7-3-2-4-8-20/h2-10,12-13,15-16,18H,17H2,1H3/b24-18-. The number of rotatable bonds is 4. The SMILES string of the molecule is COc1ccc(C#Cc2ccccc2/C=[N+](\[O-])Cc2ccccc2)cc1. The first kappa shape index (κ1) is 17.3. The summed E-state index contributed by atoms with van der Waals surface area (Å²) < 4.78 is 6.08. The van der Waals surface area contributed by atoms with Gasteiger partial charge in [-0.25, -0.2) is 4.74 Å². The van der Waals surface area contributed by atoms with Gasteiger partial charge in [-0.2, -0.15) is 0 Å². The van der Waals surface area contributed by atoms with Crippen molar-refractivity contribution in [2.24, 2.45) is 0 Å². The van der Waals surface area contributed by atoms with Gasteiger partial charge in [0.05, 0.1) is 12.7 Å². The summed E-state index contributed by atoms with van der Waals surface area (Å²) in [5.41, 5.74) is 3.49. The molecule has 0 amide bonds. The minimum absolute atomic E-state index is 0.307. The zero-order chi connectivity index (χ0) is 18.2. The van der Waals surface area contributed by atoms with Crippen LogP contribution < -0.4 is 4.74 Å². The third-order valence-corrected chi connectivity index (χ3v) is 3.86. The van der Waals surface area contributed by atoms with E-state index in [0.717, 1.165) is 32.7 Å². The fourth-order valence-corrected chi connectivity index (χ4v) is 2.50. The first-order chi connectivity index (χ1) is 12.7. The topological polar surface area (TPSA) is 35.3 Å². The third-order valence-electron chi connectivity index (χ3n) is 3.86. The number of ether oxygens (including phenoxy) is 1. The Balaban J connectivity index is 1.82. The van der Waals surface area contributed by atoms with Gasteiger partial charge in [-0.3, -0.25) is 0 Å². The largest absolute Gasteiger partial charge is 0.624 e. The first-order valence-corrected chi connectivity index (χ1v) is 8.32. The maximum absolute atomic E-state index is 12.3. The van der Waals surface area contributed by atoms with Crippen LogP contribution in [0.2, 0.25) is 0 Å². The Morgan fingerprint density at radius 3 is 2.31 bits per heavy atom. The van der Waals surface area contributed by atoms with Gasteiger partial charge in [-0.15, -0.1) is 0 Å². The van der Waals surface area contributed by atoms with Crippen LogP contribution in [-0.2, 0) is 6.54 Å². The second-order valence-electron chi connectivity index (χ2n) is 5.76. The molecule has 0 aliphatic carbocycles. The van der Waals surface area contributed by atoms with Crippen LogP contribution in [0.3, 0.4) is 0 Å². The Bertz CT molecular complexity index is 949. The van der Waals surface area contributed by atoms with Crippen molar-refractivity contribution < 1.29 is 9.48 Å². The highest BCUT2D eigenvalue weighted by atomic mass is 16.5. The molecule has 3 nitrogen and oxygen atoms in total. The smallest absolute Gasteiger partial charge is 0.183 e. The van der Waals surface area contributed by atoms with Crippen LogP contribution in [0.25, 0.3) is 0 Å². The van der Waals surface area contributed by atoms with Gasteiger partial charge >= 0.3 is 0 Å². The van der Waals surface area contributed by atoms with Gasteiger partial charge in [0.15, 0.2) is 12.8 Å². The Kier molecular flexibility index (Phi) is 5.69. The molecule has 0 aliphatic rings.